The van der Waals surface area contributed by atoms with Crippen molar-refractivity contribution < 1.29 is 0 Å². The van der Waals surface area contributed by atoms with Crippen molar-refractivity contribution in [3.63, 3.8) is 0 Å². The fourth-order valence-electron chi connectivity index (χ4n) is 2.00. The fourth-order valence-corrected chi connectivity index (χ4v) is 2.00. The maximum Gasteiger partial charge on any atom is 0.0692 e. The monoisotopic (exact) mass is 254 g/mol. The molecule has 0 bridgehead atoms. The van der Waals surface area contributed by atoms with Crippen LogP contribution in [0.1, 0.15) is 0 Å². The molecule has 0 aliphatic carbocycles. The Morgan fingerprint density at radius 2 is 2.16 bits per heavy atom. The molecule has 96 valence electrons. The van der Waals surface area contributed by atoms with Gasteiger partial charge in [0.2, 0.25) is 0 Å². The zero-order valence-corrected chi connectivity index (χ0v) is 10.3. The van der Waals surface area contributed by atoms with Crippen LogP contribution < -0.4 is 11.1 Å². The summed E-state index contributed by atoms with van der Waals surface area (Å²) in [4.78, 5) is 4.09. The van der Waals surface area contributed by atoms with Crippen molar-refractivity contribution in [2.75, 3.05) is 17.6 Å². The summed E-state index contributed by atoms with van der Waals surface area (Å²) in [6, 6.07) is 5.91. The first-order valence-corrected chi connectivity index (χ1v) is 6.05. The van der Waals surface area contributed by atoms with Crippen LogP contribution in [-0.4, -0.2) is 26.5 Å². The normalized spacial score (nSPS) is 10.7. The molecule has 0 saturated heterocycles. The van der Waals surface area contributed by atoms with Gasteiger partial charge in [0.15, 0.2) is 0 Å². The summed E-state index contributed by atoms with van der Waals surface area (Å²) in [5.41, 5.74) is 7.83. The lowest BCUT2D eigenvalue weighted by Crippen LogP contribution is -2.12. The molecule has 3 aromatic rings. The molecule has 1 aromatic carbocycles. The Bertz CT molecular complexity index is 677. The molecule has 0 aliphatic rings. The van der Waals surface area contributed by atoms with Gasteiger partial charge in [0.1, 0.15) is 0 Å². The van der Waals surface area contributed by atoms with Crippen LogP contribution in [0.3, 0.4) is 0 Å². The number of fused-ring (bicyclic) bond motifs is 1. The molecule has 0 amide bonds. The standard InChI is InChI=1S/C13H14N6/c14-13-11-3-4-15-9-10(11)1-2-12(13)16-5-7-19-8-6-17-18-19/h1-4,6,8-9,16H,5,7,14H2. The van der Waals surface area contributed by atoms with Crippen molar-refractivity contribution in [2.24, 2.45) is 0 Å². The first-order valence-electron chi connectivity index (χ1n) is 6.05. The smallest absolute Gasteiger partial charge is 0.0692 e. The first-order chi connectivity index (χ1) is 9.34. The van der Waals surface area contributed by atoms with Crippen molar-refractivity contribution in [1.29, 1.82) is 0 Å². The number of hydrogen-bond acceptors (Lipinski definition) is 5. The predicted molar refractivity (Wildman–Crippen MR) is 74.7 cm³/mol. The van der Waals surface area contributed by atoms with Gasteiger partial charge < -0.3 is 11.1 Å². The first kappa shape index (κ1) is 11.5. The minimum Gasteiger partial charge on any atom is -0.397 e. The molecule has 19 heavy (non-hydrogen) atoms. The number of nitrogens with one attached hydrogen (secondary N) is 1. The zero-order chi connectivity index (χ0) is 13.1. The van der Waals surface area contributed by atoms with Crippen LogP contribution in [0.4, 0.5) is 11.4 Å². The molecule has 2 heterocycles. The molecular formula is C13H14N6. The third-order valence-corrected chi connectivity index (χ3v) is 2.99. The Morgan fingerprint density at radius 3 is 3.00 bits per heavy atom. The minimum atomic E-state index is 0.740. The summed E-state index contributed by atoms with van der Waals surface area (Å²) in [5.74, 6) is 0. The molecular weight excluding hydrogens is 240 g/mol. The van der Waals surface area contributed by atoms with E-state index in [-0.39, 0.29) is 0 Å². The topological polar surface area (TPSA) is 81.6 Å². The Balaban J connectivity index is 1.76. The number of nitrogens with two attached hydrogens (primary N) is 1. The second kappa shape index (κ2) is 4.93. The molecule has 6 heteroatoms. The van der Waals surface area contributed by atoms with Crippen LogP contribution in [0.15, 0.2) is 43.0 Å². The number of hydrogen-bond donors (Lipinski definition) is 2. The summed E-state index contributed by atoms with van der Waals surface area (Å²) < 4.78 is 1.77. The summed E-state index contributed by atoms with van der Waals surface area (Å²) >= 11 is 0. The number of rotatable bonds is 4. The van der Waals surface area contributed by atoms with E-state index in [2.05, 4.69) is 20.6 Å². The number of pyridine rings is 1. The van der Waals surface area contributed by atoms with Crippen LogP contribution in [0.2, 0.25) is 0 Å². The molecule has 0 aliphatic heterocycles. The van der Waals surface area contributed by atoms with Gasteiger partial charge in [-0.1, -0.05) is 11.3 Å². The highest BCUT2D eigenvalue weighted by Gasteiger charge is 2.03. The second-order valence-electron chi connectivity index (χ2n) is 4.22. The van der Waals surface area contributed by atoms with Crippen molar-refractivity contribution in [3.8, 4) is 0 Å². The maximum atomic E-state index is 6.15. The summed E-state index contributed by atoms with van der Waals surface area (Å²) in [5, 5.41) is 13.0. The maximum absolute atomic E-state index is 6.15. The van der Waals surface area contributed by atoms with E-state index in [1.54, 1.807) is 17.1 Å². The Labute approximate surface area is 110 Å². The number of nitrogens with zero attached hydrogens (tertiary/aromatic N) is 4. The largest absolute Gasteiger partial charge is 0.397 e. The SMILES string of the molecule is Nc1c(NCCn2ccnn2)ccc2cnccc12. The second-order valence-corrected chi connectivity index (χ2v) is 4.22. The van der Waals surface area contributed by atoms with Gasteiger partial charge in [-0.25, -0.2) is 0 Å². The van der Waals surface area contributed by atoms with Gasteiger partial charge in [-0.05, 0) is 12.1 Å². The summed E-state index contributed by atoms with van der Waals surface area (Å²) in [7, 11) is 0. The van der Waals surface area contributed by atoms with Crippen molar-refractivity contribution in [1.82, 2.24) is 20.0 Å². The van der Waals surface area contributed by atoms with E-state index in [0.29, 0.717) is 0 Å². The van der Waals surface area contributed by atoms with E-state index >= 15 is 0 Å². The average Bonchev–Trinajstić information content (AvgIpc) is 2.95. The van der Waals surface area contributed by atoms with Gasteiger partial charge >= 0.3 is 0 Å². The molecule has 6 nitrogen and oxygen atoms in total. The van der Waals surface area contributed by atoms with Crippen LogP contribution in [0, 0.1) is 0 Å². The summed E-state index contributed by atoms with van der Waals surface area (Å²) in [6.07, 6.45) is 7.05. The molecule has 3 rings (SSSR count). The fraction of sp³-hybridized carbons (Fsp3) is 0.154. The lowest BCUT2D eigenvalue weighted by atomic mass is 10.1. The van der Waals surface area contributed by atoms with E-state index in [4.69, 9.17) is 5.73 Å². The zero-order valence-electron chi connectivity index (χ0n) is 10.3. The van der Waals surface area contributed by atoms with Crippen molar-refractivity contribution in [2.45, 2.75) is 6.54 Å². The highest BCUT2D eigenvalue weighted by atomic mass is 15.4. The van der Waals surface area contributed by atoms with Crippen LogP contribution in [-0.2, 0) is 6.54 Å². The predicted octanol–water partition coefficient (Wildman–Crippen LogP) is 1.52. The molecule has 0 fully saturated rings. The van der Waals surface area contributed by atoms with Gasteiger partial charge in [-0.3, -0.25) is 9.67 Å². The molecule has 0 saturated carbocycles. The molecule has 0 atom stereocenters. The van der Waals surface area contributed by atoms with Gasteiger partial charge in [-0.2, -0.15) is 0 Å². The third kappa shape index (κ3) is 2.33. The molecule has 2 aromatic heterocycles. The highest BCUT2D eigenvalue weighted by molar-refractivity contribution is 5.98. The molecule has 0 unspecified atom stereocenters. The Morgan fingerprint density at radius 1 is 1.21 bits per heavy atom. The van der Waals surface area contributed by atoms with E-state index in [1.807, 2.05) is 30.6 Å². The summed E-state index contributed by atoms with van der Waals surface area (Å²) in [6.45, 7) is 1.48. The van der Waals surface area contributed by atoms with Gasteiger partial charge in [0.05, 0.1) is 24.1 Å². The Kier molecular flexibility index (Phi) is 2.97. The van der Waals surface area contributed by atoms with Crippen molar-refractivity contribution in [3.05, 3.63) is 43.0 Å². The lowest BCUT2D eigenvalue weighted by molar-refractivity contribution is 0.609. The number of benzene rings is 1. The quantitative estimate of drug-likeness (QED) is 0.690. The van der Waals surface area contributed by atoms with Gasteiger partial charge in [-0.15, -0.1) is 5.10 Å². The Hall–Kier alpha value is -2.63. The molecule has 3 N–H and O–H groups in total. The molecule has 0 spiro atoms. The van der Waals surface area contributed by atoms with E-state index in [0.717, 1.165) is 35.2 Å². The highest BCUT2D eigenvalue weighted by Crippen LogP contribution is 2.27. The van der Waals surface area contributed by atoms with Crippen molar-refractivity contribution >= 4 is 22.1 Å². The van der Waals surface area contributed by atoms with E-state index < -0.39 is 0 Å². The molecule has 0 radical (unpaired) electrons. The van der Waals surface area contributed by atoms with Crippen LogP contribution in [0.5, 0.6) is 0 Å². The van der Waals surface area contributed by atoms with E-state index in [9.17, 15) is 0 Å². The minimum absolute atomic E-state index is 0.740. The average molecular weight is 254 g/mol. The van der Waals surface area contributed by atoms with Crippen LogP contribution >= 0.6 is 0 Å². The lowest BCUT2D eigenvalue weighted by Gasteiger charge is -2.11. The number of aromatic nitrogens is 4. The number of nitrogen functional groups attached to an aromatic ring is 1. The number of anilines is 2. The van der Waals surface area contributed by atoms with E-state index in [1.165, 1.54) is 0 Å². The van der Waals surface area contributed by atoms with Gasteiger partial charge in [0, 0.05) is 35.9 Å². The van der Waals surface area contributed by atoms with Crippen LogP contribution in [0.25, 0.3) is 10.8 Å². The van der Waals surface area contributed by atoms with Gasteiger partial charge in [0.25, 0.3) is 0 Å². The third-order valence-electron chi connectivity index (χ3n) is 2.99.